The van der Waals surface area contributed by atoms with E-state index in [0.29, 0.717) is 18.7 Å². The van der Waals surface area contributed by atoms with Crippen molar-refractivity contribution in [1.82, 2.24) is 4.72 Å². The van der Waals surface area contributed by atoms with Crippen molar-refractivity contribution < 1.29 is 13.2 Å². The second-order valence-corrected chi connectivity index (χ2v) is 5.91. The van der Waals surface area contributed by atoms with E-state index in [0.717, 1.165) is 0 Å². The largest absolute Gasteiger partial charge is 0.325 e. The fraction of sp³-hybridized carbons (Fsp3) is 0.308. The molecule has 0 heterocycles. The van der Waals surface area contributed by atoms with Crippen LogP contribution < -0.4 is 15.8 Å². The zero-order valence-electron chi connectivity index (χ0n) is 11.3. The first-order valence-electron chi connectivity index (χ1n) is 6.17. The van der Waals surface area contributed by atoms with Gasteiger partial charge in [-0.2, -0.15) is 0 Å². The summed E-state index contributed by atoms with van der Waals surface area (Å²) < 4.78 is 25.8. The number of sulfonamides is 1. The van der Waals surface area contributed by atoms with E-state index in [9.17, 15) is 13.2 Å². The highest BCUT2D eigenvalue weighted by Crippen LogP contribution is 2.14. The third kappa shape index (κ3) is 4.44. The van der Waals surface area contributed by atoms with Crippen LogP contribution in [-0.4, -0.2) is 26.9 Å². The predicted molar refractivity (Wildman–Crippen MR) is 78.7 cm³/mol. The molecule has 7 heteroatoms. The highest BCUT2D eigenvalue weighted by atomic mass is 32.2. The zero-order valence-corrected chi connectivity index (χ0v) is 12.1. The molecule has 1 amide bonds. The molecule has 110 valence electrons. The number of carbonyl (C=O) groups excluding carboxylic acids is 1. The molecule has 1 aromatic rings. The molecule has 1 aromatic carbocycles. The van der Waals surface area contributed by atoms with Gasteiger partial charge in [-0.15, -0.1) is 6.58 Å². The molecule has 4 N–H and O–H groups in total. The SMILES string of the molecule is C=CCC(N)C(=O)Nc1ccc(S(=O)(=O)NCC)cc1. The zero-order chi connectivity index (χ0) is 15.2. The van der Waals surface area contributed by atoms with E-state index in [1.165, 1.54) is 24.3 Å². The van der Waals surface area contributed by atoms with Gasteiger partial charge in [-0.25, -0.2) is 13.1 Å². The number of carbonyl (C=O) groups is 1. The maximum atomic E-state index is 11.7. The van der Waals surface area contributed by atoms with E-state index in [1.807, 2.05) is 0 Å². The average molecular weight is 297 g/mol. The molecule has 20 heavy (non-hydrogen) atoms. The second-order valence-electron chi connectivity index (χ2n) is 4.15. The summed E-state index contributed by atoms with van der Waals surface area (Å²) >= 11 is 0. The van der Waals surface area contributed by atoms with Crippen LogP contribution in [0.5, 0.6) is 0 Å². The third-order valence-electron chi connectivity index (χ3n) is 2.52. The molecule has 0 saturated heterocycles. The van der Waals surface area contributed by atoms with Gasteiger partial charge in [-0.1, -0.05) is 13.0 Å². The minimum atomic E-state index is -3.48. The van der Waals surface area contributed by atoms with Gasteiger partial charge in [0.1, 0.15) is 0 Å². The van der Waals surface area contributed by atoms with Crippen molar-refractivity contribution in [3.05, 3.63) is 36.9 Å². The lowest BCUT2D eigenvalue weighted by Gasteiger charge is -2.11. The summed E-state index contributed by atoms with van der Waals surface area (Å²) in [6.07, 6.45) is 1.94. The Balaban J connectivity index is 2.77. The second kappa shape index (κ2) is 7.18. The van der Waals surface area contributed by atoms with E-state index >= 15 is 0 Å². The number of nitrogens with two attached hydrogens (primary N) is 1. The number of nitrogens with one attached hydrogen (secondary N) is 2. The molecule has 0 fully saturated rings. The molecule has 0 aromatic heterocycles. The third-order valence-corrected chi connectivity index (χ3v) is 4.09. The Morgan fingerprint density at radius 3 is 2.50 bits per heavy atom. The Hall–Kier alpha value is -1.70. The molecule has 0 spiro atoms. The van der Waals surface area contributed by atoms with Crippen LogP contribution in [0.2, 0.25) is 0 Å². The van der Waals surface area contributed by atoms with Gasteiger partial charge >= 0.3 is 0 Å². The normalized spacial score (nSPS) is 12.7. The molecule has 0 radical (unpaired) electrons. The summed E-state index contributed by atoms with van der Waals surface area (Å²) in [5.41, 5.74) is 6.12. The predicted octanol–water partition coefficient (Wildman–Crippen LogP) is 0.827. The van der Waals surface area contributed by atoms with E-state index in [4.69, 9.17) is 5.73 Å². The van der Waals surface area contributed by atoms with Gasteiger partial charge < -0.3 is 11.1 Å². The van der Waals surface area contributed by atoms with Crippen LogP contribution in [0.1, 0.15) is 13.3 Å². The first kappa shape index (κ1) is 16.4. The maximum Gasteiger partial charge on any atom is 0.241 e. The van der Waals surface area contributed by atoms with E-state index < -0.39 is 16.1 Å². The molecular formula is C13H19N3O3S. The van der Waals surface area contributed by atoms with Crippen molar-refractivity contribution in [1.29, 1.82) is 0 Å². The quantitative estimate of drug-likeness (QED) is 0.649. The van der Waals surface area contributed by atoms with E-state index in [1.54, 1.807) is 13.0 Å². The molecule has 0 aliphatic rings. The van der Waals surface area contributed by atoms with Crippen LogP contribution in [0.4, 0.5) is 5.69 Å². The molecular weight excluding hydrogens is 278 g/mol. The molecule has 1 atom stereocenters. The van der Waals surface area contributed by atoms with Crippen LogP contribution in [0, 0.1) is 0 Å². The monoisotopic (exact) mass is 297 g/mol. The molecule has 0 aliphatic heterocycles. The van der Waals surface area contributed by atoms with Crippen LogP contribution in [0.25, 0.3) is 0 Å². The lowest BCUT2D eigenvalue weighted by atomic mass is 10.2. The number of anilines is 1. The molecule has 1 unspecified atom stereocenters. The van der Waals surface area contributed by atoms with Gasteiger partial charge in [0.15, 0.2) is 0 Å². The minimum absolute atomic E-state index is 0.146. The first-order valence-corrected chi connectivity index (χ1v) is 7.66. The van der Waals surface area contributed by atoms with Crippen LogP contribution in [-0.2, 0) is 14.8 Å². The van der Waals surface area contributed by atoms with E-state index in [-0.39, 0.29) is 10.8 Å². The van der Waals surface area contributed by atoms with Crippen molar-refractivity contribution in [2.45, 2.75) is 24.3 Å². The van der Waals surface area contributed by atoms with Crippen molar-refractivity contribution in [2.24, 2.45) is 5.73 Å². The Bertz CT molecular complexity index is 567. The van der Waals surface area contributed by atoms with Crippen molar-refractivity contribution in [3.63, 3.8) is 0 Å². The Morgan fingerprint density at radius 2 is 2.00 bits per heavy atom. The fourth-order valence-corrected chi connectivity index (χ4v) is 2.55. The average Bonchev–Trinajstić information content (AvgIpc) is 2.39. The van der Waals surface area contributed by atoms with Crippen molar-refractivity contribution in [3.8, 4) is 0 Å². The Labute approximate surface area is 119 Å². The maximum absolute atomic E-state index is 11.7. The number of benzene rings is 1. The summed E-state index contributed by atoms with van der Waals surface area (Å²) in [6.45, 7) is 5.53. The Kier molecular flexibility index (Phi) is 5.87. The van der Waals surface area contributed by atoms with E-state index in [2.05, 4.69) is 16.6 Å². The number of rotatable bonds is 7. The summed E-state index contributed by atoms with van der Waals surface area (Å²) in [5, 5.41) is 2.61. The highest BCUT2D eigenvalue weighted by molar-refractivity contribution is 7.89. The number of amides is 1. The highest BCUT2D eigenvalue weighted by Gasteiger charge is 2.14. The van der Waals surface area contributed by atoms with Gasteiger partial charge in [0.2, 0.25) is 15.9 Å². The molecule has 1 rings (SSSR count). The minimum Gasteiger partial charge on any atom is -0.325 e. The summed E-state index contributed by atoms with van der Waals surface area (Å²) in [4.78, 5) is 11.8. The number of hydrogen-bond acceptors (Lipinski definition) is 4. The van der Waals surface area contributed by atoms with Crippen molar-refractivity contribution >= 4 is 21.6 Å². The summed E-state index contributed by atoms with van der Waals surface area (Å²) in [5.74, 6) is -0.341. The lowest BCUT2D eigenvalue weighted by Crippen LogP contribution is -2.35. The molecule has 6 nitrogen and oxygen atoms in total. The van der Waals surface area contributed by atoms with Gasteiger partial charge in [0, 0.05) is 12.2 Å². The van der Waals surface area contributed by atoms with Crippen molar-refractivity contribution in [2.75, 3.05) is 11.9 Å². The van der Waals surface area contributed by atoms with Gasteiger partial charge in [0.05, 0.1) is 10.9 Å². The lowest BCUT2D eigenvalue weighted by molar-refractivity contribution is -0.117. The van der Waals surface area contributed by atoms with Crippen LogP contribution in [0.3, 0.4) is 0 Å². The summed E-state index contributed by atoms with van der Waals surface area (Å²) in [7, 11) is -3.48. The Morgan fingerprint density at radius 1 is 1.40 bits per heavy atom. The van der Waals surface area contributed by atoms with Gasteiger partial charge in [0.25, 0.3) is 0 Å². The van der Waals surface area contributed by atoms with Gasteiger partial charge in [-0.3, -0.25) is 4.79 Å². The number of hydrogen-bond donors (Lipinski definition) is 3. The smallest absolute Gasteiger partial charge is 0.241 e. The fourth-order valence-electron chi connectivity index (χ4n) is 1.51. The molecule has 0 bridgehead atoms. The topological polar surface area (TPSA) is 101 Å². The standard InChI is InChI=1S/C13H19N3O3S/c1-3-5-12(14)13(17)16-10-6-8-11(9-7-10)20(18,19)15-4-2/h3,6-9,12,15H,1,4-5,14H2,2H3,(H,16,17). The van der Waals surface area contributed by atoms with Crippen LogP contribution >= 0.6 is 0 Å². The first-order chi connectivity index (χ1) is 9.40. The summed E-state index contributed by atoms with van der Waals surface area (Å²) in [6, 6.07) is 5.21. The molecule has 0 saturated carbocycles. The van der Waals surface area contributed by atoms with Crippen LogP contribution in [0.15, 0.2) is 41.8 Å². The molecule has 0 aliphatic carbocycles. The van der Waals surface area contributed by atoms with Gasteiger partial charge in [-0.05, 0) is 30.7 Å².